The van der Waals surface area contributed by atoms with E-state index >= 15 is 0 Å². The molecule has 1 fully saturated rings. The smallest absolute Gasteiger partial charge is 0.225 e. The predicted molar refractivity (Wildman–Crippen MR) is 83.1 cm³/mol. The van der Waals surface area contributed by atoms with E-state index < -0.39 is 0 Å². The first-order chi connectivity index (χ1) is 9.97. The molecular formula is C16H21ClN2O2. The van der Waals surface area contributed by atoms with E-state index in [0.717, 1.165) is 12.0 Å². The predicted octanol–water partition coefficient (Wildman–Crippen LogP) is 2.26. The van der Waals surface area contributed by atoms with Crippen molar-refractivity contribution < 1.29 is 9.59 Å². The zero-order chi connectivity index (χ0) is 15.4. The van der Waals surface area contributed by atoms with Crippen molar-refractivity contribution in [2.45, 2.75) is 32.7 Å². The third-order valence-electron chi connectivity index (χ3n) is 3.75. The van der Waals surface area contributed by atoms with Gasteiger partial charge in [-0.1, -0.05) is 23.7 Å². The number of nitrogens with one attached hydrogen (secondary N) is 1. The van der Waals surface area contributed by atoms with Crippen LogP contribution in [0.4, 0.5) is 0 Å². The summed E-state index contributed by atoms with van der Waals surface area (Å²) < 4.78 is 0. The Labute approximate surface area is 130 Å². The Morgan fingerprint density at radius 3 is 2.86 bits per heavy atom. The fraction of sp³-hybridized carbons (Fsp3) is 0.500. The van der Waals surface area contributed by atoms with Crippen LogP contribution in [-0.4, -0.2) is 35.8 Å². The topological polar surface area (TPSA) is 49.4 Å². The second-order valence-electron chi connectivity index (χ2n) is 5.71. The highest BCUT2D eigenvalue weighted by Crippen LogP contribution is 2.20. The lowest BCUT2D eigenvalue weighted by Gasteiger charge is -2.20. The van der Waals surface area contributed by atoms with Crippen LogP contribution in [0.25, 0.3) is 0 Å². The molecule has 1 aromatic carbocycles. The monoisotopic (exact) mass is 308 g/mol. The van der Waals surface area contributed by atoms with Crippen molar-refractivity contribution in [1.82, 2.24) is 10.2 Å². The van der Waals surface area contributed by atoms with Crippen LogP contribution < -0.4 is 5.32 Å². The molecule has 1 atom stereocenters. The lowest BCUT2D eigenvalue weighted by Crippen LogP contribution is -2.36. The van der Waals surface area contributed by atoms with Gasteiger partial charge in [0, 0.05) is 30.6 Å². The SMILES string of the molecule is CC(C)N1CC(C(=O)NCCc2cccc(Cl)c2)CC1=O. The number of carbonyl (C=O) groups is 2. The minimum Gasteiger partial charge on any atom is -0.355 e. The fourth-order valence-corrected chi connectivity index (χ4v) is 2.79. The minimum atomic E-state index is -0.223. The van der Waals surface area contributed by atoms with Crippen molar-refractivity contribution in [3.8, 4) is 0 Å². The molecule has 2 amide bonds. The van der Waals surface area contributed by atoms with Crippen molar-refractivity contribution >= 4 is 23.4 Å². The molecule has 0 spiro atoms. The van der Waals surface area contributed by atoms with E-state index in [2.05, 4.69) is 5.32 Å². The summed E-state index contributed by atoms with van der Waals surface area (Å²) in [5.74, 6) is -0.187. The van der Waals surface area contributed by atoms with Crippen LogP contribution in [0.3, 0.4) is 0 Å². The standard InChI is InChI=1S/C16H21ClN2O2/c1-11(2)19-10-13(9-15(19)20)16(21)18-7-6-12-4-3-5-14(17)8-12/h3-5,8,11,13H,6-7,9-10H2,1-2H3,(H,18,21). The third kappa shape index (κ3) is 4.21. The summed E-state index contributed by atoms with van der Waals surface area (Å²) >= 11 is 5.92. The first-order valence-electron chi connectivity index (χ1n) is 7.29. The molecule has 114 valence electrons. The number of amides is 2. The van der Waals surface area contributed by atoms with Gasteiger partial charge in [-0.2, -0.15) is 0 Å². The van der Waals surface area contributed by atoms with Gasteiger partial charge in [-0.15, -0.1) is 0 Å². The molecular weight excluding hydrogens is 288 g/mol. The Morgan fingerprint density at radius 2 is 2.24 bits per heavy atom. The number of halogens is 1. The Bertz CT molecular complexity index is 531. The van der Waals surface area contributed by atoms with Crippen molar-refractivity contribution in [3.63, 3.8) is 0 Å². The number of likely N-dealkylation sites (tertiary alicyclic amines) is 1. The van der Waals surface area contributed by atoms with E-state index in [0.29, 0.717) is 24.5 Å². The Hall–Kier alpha value is -1.55. The van der Waals surface area contributed by atoms with Gasteiger partial charge in [-0.3, -0.25) is 9.59 Å². The number of hydrogen-bond acceptors (Lipinski definition) is 2. The second kappa shape index (κ2) is 6.94. The van der Waals surface area contributed by atoms with Gasteiger partial charge in [-0.25, -0.2) is 0 Å². The summed E-state index contributed by atoms with van der Waals surface area (Å²) in [4.78, 5) is 25.7. The van der Waals surface area contributed by atoms with E-state index in [-0.39, 0.29) is 23.8 Å². The van der Waals surface area contributed by atoms with E-state index in [4.69, 9.17) is 11.6 Å². The van der Waals surface area contributed by atoms with E-state index in [1.807, 2.05) is 38.1 Å². The molecule has 0 aromatic heterocycles. The van der Waals surface area contributed by atoms with Gasteiger partial charge >= 0.3 is 0 Å². The molecule has 1 aliphatic heterocycles. The van der Waals surface area contributed by atoms with Gasteiger partial charge in [-0.05, 0) is 38.0 Å². The molecule has 1 aliphatic rings. The lowest BCUT2D eigenvalue weighted by molar-refractivity contribution is -0.129. The maximum Gasteiger partial charge on any atom is 0.225 e. The number of rotatable bonds is 5. The van der Waals surface area contributed by atoms with Gasteiger partial charge in [0.25, 0.3) is 0 Å². The molecule has 5 heteroatoms. The van der Waals surface area contributed by atoms with Crippen LogP contribution >= 0.6 is 11.6 Å². The normalized spacial score (nSPS) is 18.4. The van der Waals surface area contributed by atoms with Crippen LogP contribution in [0.15, 0.2) is 24.3 Å². The largest absolute Gasteiger partial charge is 0.355 e. The summed E-state index contributed by atoms with van der Waals surface area (Å²) in [5.41, 5.74) is 1.09. The summed E-state index contributed by atoms with van der Waals surface area (Å²) in [6, 6.07) is 7.76. The second-order valence-corrected chi connectivity index (χ2v) is 6.15. The number of nitrogens with zero attached hydrogens (tertiary/aromatic N) is 1. The average Bonchev–Trinajstić information content (AvgIpc) is 2.81. The van der Waals surface area contributed by atoms with Gasteiger partial charge in [0.05, 0.1) is 5.92 Å². The zero-order valence-electron chi connectivity index (χ0n) is 12.4. The van der Waals surface area contributed by atoms with Gasteiger partial charge in [0.2, 0.25) is 11.8 Å². The summed E-state index contributed by atoms with van der Waals surface area (Å²) in [7, 11) is 0. The highest BCUT2D eigenvalue weighted by atomic mass is 35.5. The average molecular weight is 309 g/mol. The molecule has 1 N–H and O–H groups in total. The van der Waals surface area contributed by atoms with Crippen molar-refractivity contribution in [2.24, 2.45) is 5.92 Å². The number of carbonyl (C=O) groups excluding carboxylic acids is 2. The van der Waals surface area contributed by atoms with Crippen LogP contribution in [-0.2, 0) is 16.0 Å². The Morgan fingerprint density at radius 1 is 1.48 bits per heavy atom. The van der Waals surface area contributed by atoms with Gasteiger partial charge < -0.3 is 10.2 Å². The minimum absolute atomic E-state index is 0.0338. The van der Waals surface area contributed by atoms with E-state index in [1.165, 1.54) is 0 Å². The first-order valence-corrected chi connectivity index (χ1v) is 7.67. The molecule has 4 nitrogen and oxygen atoms in total. The summed E-state index contributed by atoms with van der Waals surface area (Å²) in [5, 5.41) is 3.61. The number of benzene rings is 1. The molecule has 0 saturated carbocycles. The highest BCUT2D eigenvalue weighted by molar-refractivity contribution is 6.30. The first kappa shape index (κ1) is 15.8. The molecule has 1 unspecified atom stereocenters. The molecule has 0 radical (unpaired) electrons. The van der Waals surface area contributed by atoms with Crippen molar-refractivity contribution in [3.05, 3.63) is 34.9 Å². The summed E-state index contributed by atoms with van der Waals surface area (Å²) in [6.45, 7) is 5.03. The molecule has 0 aliphatic carbocycles. The lowest BCUT2D eigenvalue weighted by atomic mass is 10.1. The van der Waals surface area contributed by atoms with Crippen molar-refractivity contribution in [1.29, 1.82) is 0 Å². The number of hydrogen-bond donors (Lipinski definition) is 1. The van der Waals surface area contributed by atoms with Crippen LogP contribution in [0, 0.1) is 5.92 Å². The molecule has 1 aromatic rings. The highest BCUT2D eigenvalue weighted by Gasteiger charge is 2.35. The van der Waals surface area contributed by atoms with Crippen LogP contribution in [0.5, 0.6) is 0 Å². The summed E-state index contributed by atoms with van der Waals surface area (Å²) in [6.07, 6.45) is 1.06. The Balaban J connectivity index is 1.79. The van der Waals surface area contributed by atoms with Crippen LogP contribution in [0.2, 0.25) is 5.02 Å². The van der Waals surface area contributed by atoms with E-state index in [9.17, 15) is 9.59 Å². The molecule has 21 heavy (non-hydrogen) atoms. The van der Waals surface area contributed by atoms with Crippen molar-refractivity contribution in [2.75, 3.05) is 13.1 Å². The Kier molecular flexibility index (Phi) is 5.23. The fourth-order valence-electron chi connectivity index (χ4n) is 2.57. The van der Waals surface area contributed by atoms with Crippen LogP contribution in [0.1, 0.15) is 25.8 Å². The molecule has 2 rings (SSSR count). The quantitative estimate of drug-likeness (QED) is 0.907. The van der Waals surface area contributed by atoms with Gasteiger partial charge in [0.1, 0.15) is 0 Å². The molecule has 1 heterocycles. The zero-order valence-corrected chi connectivity index (χ0v) is 13.2. The molecule has 1 saturated heterocycles. The third-order valence-corrected chi connectivity index (χ3v) is 3.99. The van der Waals surface area contributed by atoms with E-state index in [1.54, 1.807) is 4.90 Å². The van der Waals surface area contributed by atoms with Gasteiger partial charge in [0.15, 0.2) is 0 Å². The molecule has 0 bridgehead atoms. The maximum atomic E-state index is 12.1. The maximum absolute atomic E-state index is 12.1.